The minimum atomic E-state index is -0.278. The zero-order valence-corrected chi connectivity index (χ0v) is 18.9. The van der Waals surface area contributed by atoms with Crippen molar-refractivity contribution >= 4 is 35.0 Å². The fourth-order valence-corrected chi connectivity index (χ4v) is 4.02. The Morgan fingerprint density at radius 3 is 2.47 bits per heavy atom. The fraction of sp³-hybridized carbons (Fsp3) is 0.375. The number of piperidine rings is 1. The molecule has 0 bridgehead atoms. The molecular weight excluding hydrogens is 421 g/mol. The molecule has 0 unspecified atom stereocenters. The van der Waals surface area contributed by atoms with Crippen LogP contribution in [-0.4, -0.2) is 24.6 Å². The maximum Gasteiger partial charge on any atom is 0.339 e. The number of fused-ring (bicyclic) bond motifs is 1. The summed E-state index contributed by atoms with van der Waals surface area (Å²) in [4.78, 5) is 14.4. The smallest absolute Gasteiger partial charge is 0.339 e. The van der Waals surface area contributed by atoms with Gasteiger partial charge in [0, 0.05) is 28.6 Å². The first-order chi connectivity index (χ1) is 14.0. The van der Waals surface area contributed by atoms with Gasteiger partial charge in [-0.2, -0.15) is 0 Å². The van der Waals surface area contributed by atoms with Gasteiger partial charge >= 0.3 is 5.63 Å². The number of hydrogen-bond acceptors (Lipinski definition) is 4. The van der Waals surface area contributed by atoms with Gasteiger partial charge in [0.1, 0.15) is 11.3 Å². The first kappa shape index (κ1) is 22.7. The van der Waals surface area contributed by atoms with Crippen molar-refractivity contribution in [1.82, 2.24) is 4.90 Å². The van der Waals surface area contributed by atoms with Crippen LogP contribution < -0.4 is 10.4 Å². The molecule has 0 atom stereocenters. The molecule has 0 saturated carbocycles. The van der Waals surface area contributed by atoms with Gasteiger partial charge in [-0.1, -0.05) is 23.7 Å². The summed E-state index contributed by atoms with van der Waals surface area (Å²) >= 11 is 5.96. The summed E-state index contributed by atoms with van der Waals surface area (Å²) in [5.74, 6) is 1.30. The maximum absolute atomic E-state index is 11.9. The quantitative estimate of drug-likeness (QED) is 0.465. The summed E-state index contributed by atoms with van der Waals surface area (Å²) in [6, 6.07) is 13.9. The number of hydrogen-bond donors (Lipinski definition) is 0. The molecule has 0 amide bonds. The molecular formula is C24H27Cl2NO3. The van der Waals surface area contributed by atoms with Crippen molar-refractivity contribution in [3.63, 3.8) is 0 Å². The van der Waals surface area contributed by atoms with Crippen molar-refractivity contribution in [1.29, 1.82) is 0 Å². The third kappa shape index (κ3) is 5.18. The summed E-state index contributed by atoms with van der Waals surface area (Å²) in [5.41, 5.74) is 3.24. The Balaban J connectivity index is 0.00000256. The van der Waals surface area contributed by atoms with Crippen LogP contribution in [0.3, 0.4) is 0 Å². The Labute approximate surface area is 188 Å². The van der Waals surface area contributed by atoms with Crippen molar-refractivity contribution in [2.75, 3.05) is 19.7 Å². The molecule has 2 heterocycles. The average Bonchev–Trinajstić information content (AvgIpc) is 2.73. The normalized spacial score (nSPS) is 15.2. The lowest BCUT2D eigenvalue weighted by Crippen LogP contribution is -2.35. The van der Waals surface area contributed by atoms with E-state index in [2.05, 4.69) is 17.0 Å². The van der Waals surface area contributed by atoms with E-state index < -0.39 is 0 Å². The van der Waals surface area contributed by atoms with Crippen LogP contribution in [0.5, 0.6) is 5.75 Å². The molecule has 30 heavy (non-hydrogen) atoms. The number of benzene rings is 2. The van der Waals surface area contributed by atoms with Gasteiger partial charge in [0.05, 0.1) is 6.61 Å². The SMILES string of the molecule is Cc1c(C)c2ccc(OCC3CCN(Cc4ccc(Cl)cc4)CC3)cc2oc1=O.Cl. The Hall–Kier alpha value is -2.01. The van der Waals surface area contributed by atoms with Crippen molar-refractivity contribution < 1.29 is 9.15 Å². The van der Waals surface area contributed by atoms with Gasteiger partial charge in [0.15, 0.2) is 0 Å². The summed E-state index contributed by atoms with van der Waals surface area (Å²) in [6.07, 6.45) is 2.24. The standard InChI is InChI=1S/C24H26ClNO3.ClH/c1-16-17(2)24(27)29-23-13-21(7-8-22(16)23)28-15-19-9-11-26(12-10-19)14-18-3-5-20(25)6-4-18;/h3-8,13,19H,9-12,14-15H2,1-2H3;1H. The minimum Gasteiger partial charge on any atom is -0.493 e. The average molecular weight is 448 g/mol. The molecule has 0 N–H and O–H groups in total. The van der Waals surface area contributed by atoms with Gasteiger partial charge in [0.25, 0.3) is 0 Å². The molecule has 2 aromatic carbocycles. The second-order valence-electron chi connectivity index (χ2n) is 7.95. The highest BCUT2D eigenvalue weighted by atomic mass is 35.5. The predicted molar refractivity (Wildman–Crippen MR) is 124 cm³/mol. The predicted octanol–water partition coefficient (Wildman–Crippen LogP) is 5.78. The molecule has 1 saturated heterocycles. The summed E-state index contributed by atoms with van der Waals surface area (Å²) in [7, 11) is 0. The van der Waals surface area contributed by atoms with E-state index in [1.807, 2.05) is 37.3 Å². The lowest BCUT2D eigenvalue weighted by atomic mass is 9.97. The molecule has 3 aromatic rings. The number of aryl methyl sites for hydroxylation is 1. The molecule has 160 valence electrons. The van der Waals surface area contributed by atoms with Crippen LogP contribution in [0.2, 0.25) is 5.02 Å². The highest BCUT2D eigenvalue weighted by Gasteiger charge is 2.20. The van der Waals surface area contributed by atoms with Crippen LogP contribution in [0, 0.1) is 19.8 Å². The van der Waals surface area contributed by atoms with Gasteiger partial charge < -0.3 is 9.15 Å². The van der Waals surface area contributed by atoms with Gasteiger partial charge in [-0.05, 0) is 81.1 Å². The first-order valence-electron chi connectivity index (χ1n) is 10.1. The topological polar surface area (TPSA) is 42.7 Å². The van der Waals surface area contributed by atoms with E-state index in [1.165, 1.54) is 5.56 Å². The number of likely N-dealkylation sites (tertiary alicyclic amines) is 1. The Morgan fingerprint density at radius 2 is 1.77 bits per heavy atom. The van der Waals surface area contributed by atoms with Crippen molar-refractivity contribution in [2.24, 2.45) is 5.92 Å². The van der Waals surface area contributed by atoms with Crippen LogP contribution in [0.15, 0.2) is 51.7 Å². The van der Waals surface area contributed by atoms with Crippen molar-refractivity contribution in [3.8, 4) is 5.75 Å². The summed E-state index contributed by atoms with van der Waals surface area (Å²) in [6.45, 7) is 7.54. The lowest BCUT2D eigenvalue weighted by molar-refractivity contribution is 0.137. The van der Waals surface area contributed by atoms with Crippen LogP contribution in [0.4, 0.5) is 0 Å². The zero-order chi connectivity index (χ0) is 20.4. The Morgan fingerprint density at radius 1 is 1.07 bits per heavy atom. The van der Waals surface area contributed by atoms with E-state index in [1.54, 1.807) is 6.92 Å². The van der Waals surface area contributed by atoms with E-state index in [9.17, 15) is 4.79 Å². The maximum atomic E-state index is 11.9. The van der Waals surface area contributed by atoms with E-state index in [0.29, 0.717) is 23.7 Å². The van der Waals surface area contributed by atoms with Gasteiger partial charge in [-0.15, -0.1) is 12.4 Å². The van der Waals surface area contributed by atoms with Crippen LogP contribution in [-0.2, 0) is 6.54 Å². The first-order valence-corrected chi connectivity index (χ1v) is 10.5. The number of rotatable bonds is 5. The third-order valence-corrected chi connectivity index (χ3v) is 6.19. The highest BCUT2D eigenvalue weighted by molar-refractivity contribution is 6.30. The molecule has 1 aliphatic rings. The van der Waals surface area contributed by atoms with Crippen molar-refractivity contribution in [2.45, 2.75) is 33.2 Å². The van der Waals surface area contributed by atoms with Gasteiger partial charge in [-0.25, -0.2) is 4.79 Å². The largest absolute Gasteiger partial charge is 0.493 e. The van der Waals surface area contributed by atoms with Crippen LogP contribution in [0.25, 0.3) is 11.0 Å². The molecule has 1 aromatic heterocycles. The molecule has 0 aliphatic carbocycles. The van der Waals surface area contributed by atoms with E-state index >= 15 is 0 Å². The lowest BCUT2D eigenvalue weighted by Gasteiger charge is -2.31. The number of ether oxygens (including phenoxy) is 1. The molecule has 1 fully saturated rings. The van der Waals surface area contributed by atoms with Crippen LogP contribution >= 0.6 is 24.0 Å². The second kappa shape index (κ2) is 9.86. The summed E-state index contributed by atoms with van der Waals surface area (Å²) < 4.78 is 11.5. The molecule has 0 spiro atoms. The zero-order valence-electron chi connectivity index (χ0n) is 17.3. The molecule has 0 radical (unpaired) electrons. The number of halogens is 2. The fourth-order valence-electron chi connectivity index (χ4n) is 3.89. The Bertz CT molecular complexity index is 1050. The van der Waals surface area contributed by atoms with Gasteiger partial charge in [0.2, 0.25) is 0 Å². The highest BCUT2D eigenvalue weighted by Crippen LogP contribution is 2.26. The molecule has 4 nitrogen and oxygen atoms in total. The van der Waals surface area contributed by atoms with Gasteiger partial charge in [-0.3, -0.25) is 4.90 Å². The van der Waals surface area contributed by atoms with E-state index in [4.69, 9.17) is 20.8 Å². The number of nitrogens with zero attached hydrogens (tertiary/aromatic N) is 1. The third-order valence-electron chi connectivity index (χ3n) is 5.94. The monoisotopic (exact) mass is 447 g/mol. The van der Waals surface area contributed by atoms with E-state index in [-0.39, 0.29) is 18.0 Å². The summed E-state index contributed by atoms with van der Waals surface area (Å²) in [5, 5.41) is 1.74. The molecule has 4 rings (SSSR count). The van der Waals surface area contributed by atoms with Crippen molar-refractivity contribution in [3.05, 3.63) is 74.6 Å². The Kier molecular flexibility index (Phi) is 7.45. The minimum absolute atomic E-state index is 0. The van der Waals surface area contributed by atoms with Crippen LogP contribution in [0.1, 0.15) is 29.5 Å². The molecule has 1 aliphatic heterocycles. The second-order valence-corrected chi connectivity index (χ2v) is 8.39. The van der Waals surface area contributed by atoms with E-state index in [0.717, 1.165) is 54.2 Å². The molecule has 6 heteroatoms.